The molecule has 0 aliphatic heterocycles. The predicted molar refractivity (Wildman–Crippen MR) is 75.0 cm³/mol. The molecule has 0 aliphatic rings. The van der Waals surface area contributed by atoms with E-state index in [1.54, 1.807) is 0 Å². The van der Waals surface area contributed by atoms with Gasteiger partial charge in [0.25, 0.3) is 0 Å². The number of hydrogen-bond acceptors (Lipinski definition) is 2. The second kappa shape index (κ2) is 7.75. The summed E-state index contributed by atoms with van der Waals surface area (Å²) in [5, 5.41) is 0. The minimum atomic E-state index is 0.811. The second-order valence-corrected chi connectivity index (χ2v) is 5.06. The van der Waals surface area contributed by atoms with Gasteiger partial charge in [-0.25, -0.2) is 0 Å². The molecule has 1 rings (SSSR count). The van der Waals surface area contributed by atoms with Crippen LogP contribution in [0.2, 0.25) is 0 Å². The van der Waals surface area contributed by atoms with Gasteiger partial charge < -0.3 is 5.73 Å². The van der Waals surface area contributed by atoms with Crippen molar-refractivity contribution in [1.82, 2.24) is 0 Å². The molecule has 0 saturated heterocycles. The van der Waals surface area contributed by atoms with E-state index in [1.807, 2.05) is 11.8 Å². The Kier molecular flexibility index (Phi) is 6.58. The molecule has 0 radical (unpaired) electrons. The van der Waals surface area contributed by atoms with Gasteiger partial charge in [-0.05, 0) is 55.2 Å². The molecule has 0 aromatic heterocycles. The second-order valence-electron chi connectivity index (χ2n) is 4.19. The number of hydrogen-bond donors (Lipinski definition) is 1. The first-order chi connectivity index (χ1) is 7.80. The highest BCUT2D eigenvalue weighted by Crippen LogP contribution is 2.17. The Hall–Kier alpha value is -0.470. The SMILES string of the molecule is CCc1cc(CCCCN)cc(CSC)c1. The molecule has 0 amide bonds. The number of thioether (sulfide) groups is 1. The molecule has 16 heavy (non-hydrogen) atoms. The molecule has 1 aromatic rings. The lowest BCUT2D eigenvalue weighted by Crippen LogP contribution is -1.99. The molecule has 1 aromatic carbocycles. The molecule has 0 aliphatic carbocycles. The number of benzene rings is 1. The van der Waals surface area contributed by atoms with E-state index in [0.29, 0.717) is 0 Å². The number of nitrogens with two attached hydrogens (primary N) is 1. The molecule has 1 nitrogen and oxygen atoms in total. The van der Waals surface area contributed by atoms with E-state index in [2.05, 4.69) is 31.4 Å². The maximum absolute atomic E-state index is 5.52. The minimum absolute atomic E-state index is 0.811. The fourth-order valence-corrected chi connectivity index (χ4v) is 2.41. The van der Waals surface area contributed by atoms with Crippen LogP contribution < -0.4 is 5.73 Å². The van der Waals surface area contributed by atoms with E-state index >= 15 is 0 Å². The number of unbranched alkanes of at least 4 members (excludes halogenated alkanes) is 1. The van der Waals surface area contributed by atoms with Crippen molar-refractivity contribution >= 4 is 11.8 Å². The molecule has 0 unspecified atom stereocenters. The molecule has 0 bridgehead atoms. The van der Waals surface area contributed by atoms with Crippen LogP contribution >= 0.6 is 11.8 Å². The third kappa shape index (κ3) is 4.58. The van der Waals surface area contributed by atoms with Gasteiger partial charge in [0.1, 0.15) is 0 Å². The molecule has 2 N–H and O–H groups in total. The zero-order chi connectivity index (χ0) is 11.8. The Morgan fingerprint density at radius 2 is 1.75 bits per heavy atom. The van der Waals surface area contributed by atoms with Crippen LogP contribution in [0.25, 0.3) is 0 Å². The third-order valence-electron chi connectivity index (χ3n) is 2.75. The van der Waals surface area contributed by atoms with Gasteiger partial charge in [-0.1, -0.05) is 25.1 Å². The van der Waals surface area contributed by atoms with E-state index in [-0.39, 0.29) is 0 Å². The maximum Gasteiger partial charge on any atom is 0.0181 e. The summed E-state index contributed by atoms with van der Waals surface area (Å²) in [4.78, 5) is 0. The fourth-order valence-electron chi connectivity index (χ4n) is 1.91. The average Bonchev–Trinajstić information content (AvgIpc) is 2.29. The Labute approximate surface area is 104 Å². The van der Waals surface area contributed by atoms with Gasteiger partial charge in [0.05, 0.1) is 0 Å². The smallest absolute Gasteiger partial charge is 0.0181 e. The summed E-state index contributed by atoms with van der Waals surface area (Å²) in [6.07, 6.45) is 6.81. The first-order valence-corrected chi connectivity index (χ1v) is 7.50. The third-order valence-corrected chi connectivity index (χ3v) is 3.37. The molecule has 0 spiro atoms. The van der Waals surface area contributed by atoms with E-state index < -0.39 is 0 Å². The van der Waals surface area contributed by atoms with Crippen LogP contribution in [0, 0.1) is 0 Å². The summed E-state index contributed by atoms with van der Waals surface area (Å²) in [5.41, 5.74) is 9.94. The van der Waals surface area contributed by atoms with E-state index in [1.165, 1.54) is 29.5 Å². The van der Waals surface area contributed by atoms with Crippen LogP contribution in [0.4, 0.5) is 0 Å². The van der Waals surface area contributed by atoms with Crippen LogP contribution in [0.5, 0.6) is 0 Å². The van der Waals surface area contributed by atoms with Crippen molar-refractivity contribution in [2.75, 3.05) is 12.8 Å². The molecule has 90 valence electrons. The van der Waals surface area contributed by atoms with E-state index in [4.69, 9.17) is 5.73 Å². The maximum atomic E-state index is 5.52. The highest BCUT2D eigenvalue weighted by Gasteiger charge is 2.00. The van der Waals surface area contributed by atoms with Gasteiger partial charge in [-0.3, -0.25) is 0 Å². The standard InChI is InChI=1S/C14H23NS/c1-3-12-8-13(6-4-5-7-15)10-14(9-12)11-16-2/h8-10H,3-7,11,15H2,1-2H3. The van der Waals surface area contributed by atoms with Crippen LogP contribution in [0.3, 0.4) is 0 Å². The molecular weight excluding hydrogens is 214 g/mol. The van der Waals surface area contributed by atoms with Crippen LogP contribution in [-0.2, 0) is 18.6 Å². The summed E-state index contributed by atoms with van der Waals surface area (Å²) in [7, 11) is 0. The van der Waals surface area contributed by atoms with Crippen LogP contribution in [0.1, 0.15) is 36.5 Å². The molecule has 0 atom stereocenters. The van der Waals surface area contributed by atoms with Gasteiger partial charge in [-0.15, -0.1) is 0 Å². The van der Waals surface area contributed by atoms with Gasteiger partial charge >= 0.3 is 0 Å². The highest BCUT2D eigenvalue weighted by molar-refractivity contribution is 7.97. The largest absolute Gasteiger partial charge is 0.330 e. The summed E-state index contributed by atoms with van der Waals surface area (Å²) in [6, 6.07) is 7.04. The van der Waals surface area contributed by atoms with Gasteiger partial charge in [0.15, 0.2) is 0 Å². The highest BCUT2D eigenvalue weighted by atomic mass is 32.2. The van der Waals surface area contributed by atoms with Crippen molar-refractivity contribution < 1.29 is 0 Å². The lowest BCUT2D eigenvalue weighted by atomic mass is 10.0. The number of rotatable bonds is 7. The predicted octanol–water partition coefficient (Wildman–Crippen LogP) is 3.39. The van der Waals surface area contributed by atoms with Crippen molar-refractivity contribution in [2.24, 2.45) is 5.73 Å². The minimum Gasteiger partial charge on any atom is -0.330 e. The molecule has 0 heterocycles. The first kappa shape index (κ1) is 13.6. The van der Waals surface area contributed by atoms with E-state index in [0.717, 1.165) is 25.1 Å². The molecule has 0 saturated carbocycles. The Bertz CT molecular complexity index is 310. The lowest BCUT2D eigenvalue weighted by Gasteiger charge is -2.08. The van der Waals surface area contributed by atoms with Gasteiger partial charge in [0.2, 0.25) is 0 Å². The fraction of sp³-hybridized carbons (Fsp3) is 0.571. The van der Waals surface area contributed by atoms with Crippen molar-refractivity contribution in [3.05, 3.63) is 34.9 Å². The first-order valence-electron chi connectivity index (χ1n) is 6.10. The van der Waals surface area contributed by atoms with Gasteiger partial charge in [-0.2, -0.15) is 11.8 Å². The zero-order valence-electron chi connectivity index (χ0n) is 10.5. The normalized spacial score (nSPS) is 10.7. The van der Waals surface area contributed by atoms with Crippen molar-refractivity contribution in [3.63, 3.8) is 0 Å². The topological polar surface area (TPSA) is 26.0 Å². The van der Waals surface area contributed by atoms with Gasteiger partial charge in [0, 0.05) is 5.75 Å². The molecule has 0 fully saturated rings. The van der Waals surface area contributed by atoms with Crippen molar-refractivity contribution in [3.8, 4) is 0 Å². The summed E-state index contributed by atoms with van der Waals surface area (Å²) < 4.78 is 0. The molecular formula is C14H23NS. The monoisotopic (exact) mass is 237 g/mol. The Morgan fingerprint density at radius 3 is 2.38 bits per heavy atom. The summed E-state index contributed by atoms with van der Waals surface area (Å²) >= 11 is 1.89. The lowest BCUT2D eigenvalue weighted by molar-refractivity contribution is 0.743. The molecule has 2 heteroatoms. The van der Waals surface area contributed by atoms with Crippen LogP contribution in [-0.4, -0.2) is 12.8 Å². The zero-order valence-corrected chi connectivity index (χ0v) is 11.3. The summed E-state index contributed by atoms with van der Waals surface area (Å²) in [6.45, 7) is 3.03. The Balaban J connectivity index is 2.69. The van der Waals surface area contributed by atoms with Crippen molar-refractivity contribution in [2.45, 2.75) is 38.4 Å². The van der Waals surface area contributed by atoms with E-state index in [9.17, 15) is 0 Å². The Morgan fingerprint density at radius 1 is 1.06 bits per heavy atom. The summed E-state index contributed by atoms with van der Waals surface area (Å²) in [5.74, 6) is 1.12. The average molecular weight is 237 g/mol. The van der Waals surface area contributed by atoms with Crippen LogP contribution in [0.15, 0.2) is 18.2 Å². The quantitative estimate of drug-likeness (QED) is 0.736. The van der Waals surface area contributed by atoms with Crippen molar-refractivity contribution in [1.29, 1.82) is 0 Å². The number of aryl methyl sites for hydroxylation is 2.